The van der Waals surface area contributed by atoms with Gasteiger partial charge in [0.2, 0.25) is 0 Å². The Morgan fingerprint density at radius 3 is 1.68 bits per heavy atom. The van der Waals surface area contributed by atoms with Gasteiger partial charge in [0, 0.05) is 43.4 Å². The van der Waals surface area contributed by atoms with Crippen molar-refractivity contribution in [2.45, 2.75) is 0 Å². The van der Waals surface area contributed by atoms with Crippen molar-refractivity contribution >= 4 is 120 Å². The predicted octanol–water partition coefficient (Wildman–Crippen LogP) is 13.3. The largest absolute Gasteiger partial charge is 0.309 e. The zero-order valence-electron chi connectivity index (χ0n) is 30.5. The minimum absolute atomic E-state index is 0.970. The monoisotopic (exact) mass is 723 g/mol. The molecular weight excluding hydrogens is 695 g/mol. The van der Waals surface area contributed by atoms with Crippen LogP contribution >= 0.6 is 0 Å². The molecule has 0 aliphatic carbocycles. The number of para-hydroxylation sites is 5. The zero-order valence-corrected chi connectivity index (χ0v) is 30.5. The van der Waals surface area contributed by atoms with E-state index in [-0.39, 0.29) is 0 Å². The second kappa shape index (κ2) is 10.5. The van der Waals surface area contributed by atoms with Gasteiger partial charge in [-0.3, -0.25) is 8.80 Å². The van der Waals surface area contributed by atoms with Crippen LogP contribution in [0, 0.1) is 0 Å². The lowest BCUT2D eigenvalue weighted by Gasteiger charge is -2.15. The van der Waals surface area contributed by atoms with Gasteiger partial charge in [-0.25, -0.2) is 9.97 Å². The summed E-state index contributed by atoms with van der Waals surface area (Å²) in [7, 11) is 0. The van der Waals surface area contributed by atoms with Gasteiger partial charge in [0.1, 0.15) is 11.3 Å². The van der Waals surface area contributed by atoms with Gasteiger partial charge in [0.25, 0.3) is 0 Å². The van der Waals surface area contributed by atoms with E-state index in [1.165, 1.54) is 64.8 Å². The average Bonchev–Trinajstić information content (AvgIpc) is 3.96. The summed E-state index contributed by atoms with van der Waals surface area (Å²) in [5, 5.41) is 14.5. The number of nitrogens with zero attached hydrogens (tertiary/aromatic N) is 5. The summed E-state index contributed by atoms with van der Waals surface area (Å²) in [6.07, 6.45) is 0. The van der Waals surface area contributed by atoms with Gasteiger partial charge in [0.15, 0.2) is 0 Å². The molecule has 0 N–H and O–H groups in total. The van der Waals surface area contributed by atoms with Gasteiger partial charge in [0.05, 0.1) is 44.1 Å². The summed E-state index contributed by atoms with van der Waals surface area (Å²) in [5.41, 5.74) is 11.9. The molecule has 5 aromatic heterocycles. The molecule has 9 aromatic carbocycles. The Morgan fingerprint density at radius 1 is 0.316 bits per heavy atom. The van der Waals surface area contributed by atoms with Crippen LogP contribution in [-0.4, -0.2) is 23.3 Å². The van der Waals surface area contributed by atoms with Crippen molar-refractivity contribution in [2.75, 3.05) is 0 Å². The smallest absolute Gasteiger partial charge is 0.147 e. The molecule has 0 amide bonds. The average molecular weight is 724 g/mol. The molecule has 0 unspecified atom stereocenters. The van der Waals surface area contributed by atoms with Crippen LogP contribution in [0.5, 0.6) is 0 Å². The Kier molecular flexibility index (Phi) is 5.45. The maximum atomic E-state index is 5.33. The number of aromatic nitrogens is 5. The number of fused-ring (bicyclic) bond motifs is 23. The Balaban J connectivity index is 1.19. The number of benzene rings is 9. The minimum atomic E-state index is 0.970. The summed E-state index contributed by atoms with van der Waals surface area (Å²) in [6.45, 7) is 0. The molecule has 0 bridgehead atoms. The molecule has 5 nitrogen and oxygen atoms in total. The number of hydrogen-bond acceptors (Lipinski definition) is 2. The fraction of sp³-hybridized carbons (Fsp3) is 0. The molecule has 5 heteroatoms. The van der Waals surface area contributed by atoms with Crippen LogP contribution in [0.4, 0.5) is 0 Å². The Labute approximate surface area is 323 Å². The second-order valence-electron chi connectivity index (χ2n) is 15.4. The lowest BCUT2D eigenvalue weighted by atomic mass is 9.99. The fourth-order valence-corrected chi connectivity index (χ4v) is 10.1. The second-order valence-corrected chi connectivity index (χ2v) is 15.4. The molecular formula is C52H29N5. The van der Waals surface area contributed by atoms with Crippen LogP contribution in [0.15, 0.2) is 176 Å². The molecule has 0 saturated heterocycles. The highest BCUT2D eigenvalue weighted by molar-refractivity contribution is 6.26. The Hall–Kier alpha value is -7.76. The van der Waals surface area contributed by atoms with E-state index in [2.05, 4.69) is 189 Å². The number of imidazole rings is 2. The fourth-order valence-electron chi connectivity index (χ4n) is 10.1. The molecule has 14 rings (SSSR count). The van der Waals surface area contributed by atoms with Crippen LogP contribution in [0.25, 0.3) is 126 Å². The highest BCUT2D eigenvalue weighted by Gasteiger charge is 2.22. The zero-order chi connectivity index (χ0) is 36.9. The molecule has 0 fully saturated rings. The third kappa shape index (κ3) is 3.73. The van der Waals surface area contributed by atoms with E-state index in [0.29, 0.717) is 0 Å². The summed E-state index contributed by atoms with van der Waals surface area (Å²) >= 11 is 0. The summed E-state index contributed by atoms with van der Waals surface area (Å²) in [5.74, 6) is 0. The molecule has 0 aliphatic heterocycles. The lowest BCUT2D eigenvalue weighted by Crippen LogP contribution is -1.98. The molecule has 5 heterocycles. The van der Waals surface area contributed by atoms with E-state index in [4.69, 9.17) is 9.97 Å². The van der Waals surface area contributed by atoms with Crippen molar-refractivity contribution in [2.24, 2.45) is 0 Å². The first-order chi connectivity index (χ1) is 28.3. The maximum absolute atomic E-state index is 5.33. The highest BCUT2D eigenvalue weighted by Crippen LogP contribution is 2.43. The normalized spacial score (nSPS) is 12.6. The third-order valence-corrected chi connectivity index (χ3v) is 12.5. The van der Waals surface area contributed by atoms with Crippen LogP contribution in [-0.2, 0) is 0 Å². The van der Waals surface area contributed by atoms with Crippen LogP contribution < -0.4 is 0 Å². The standard InChI is InChI=1S/C52H29N5/c1-3-13-33-30(11-1)21-24-37-36-26-23-32(27-47(36)57-46-20-10-7-17-43(46)54-52(57)49(33)37)55-48-29-41-39(28-40(48)38-25-22-31-12-2-4-14-34(31)50(38)55)35-15-5-8-18-44(35)56-45-19-9-6-16-42(45)53-51(41)56/h1-29H. The SMILES string of the molecule is c1ccc2c(c1)ccc1c3ccc(-n4c5cc6c(cc5c5ccc7ccccc7c54)c4ccccc4n4c5ccccc5nc64)cc3n3c4ccccc4nc3c21. The molecule has 0 aliphatic rings. The van der Waals surface area contributed by atoms with Crippen molar-refractivity contribution in [3.05, 3.63) is 176 Å². The van der Waals surface area contributed by atoms with Gasteiger partial charge in [-0.05, 0) is 81.5 Å². The molecule has 0 spiro atoms. The van der Waals surface area contributed by atoms with Gasteiger partial charge >= 0.3 is 0 Å². The molecule has 0 radical (unpaired) electrons. The van der Waals surface area contributed by atoms with Crippen molar-refractivity contribution in [1.82, 2.24) is 23.3 Å². The third-order valence-electron chi connectivity index (χ3n) is 12.5. The van der Waals surface area contributed by atoms with E-state index in [1.807, 2.05) is 0 Å². The van der Waals surface area contributed by atoms with Crippen molar-refractivity contribution in [1.29, 1.82) is 0 Å². The molecule has 0 saturated carbocycles. The van der Waals surface area contributed by atoms with Gasteiger partial charge in [-0.1, -0.05) is 121 Å². The van der Waals surface area contributed by atoms with E-state index in [9.17, 15) is 0 Å². The van der Waals surface area contributed by atoms with Crippen molar-refractivity contribution in [3.8, 4) is 5.69 Å². The number of rotatable bonds is 1. The Bertz CT molecular complexity index is 4110. The highest BCUT2D eigenvalue weighted by atomic mass is 15.0. The topological polar surface area (TPSA) is 39.5 Å². The quantitative estimate of drug-likeness (QED) is 0.158. The van der Waals surface area contributed by atoms with Crippen LogP contribution in [0.1, 0.15) is 0 Å². The van der Waals surface area contributed by atoms with Crippen LogP contribution in [0.3, 0.4) is 0 Å². The van der Waals surface area contributed by atoms with Crippen LogP contribution in [0.2, 0.25) is 0 Å². The van der Waals surface area contributed by atoms with E-state index in [1.54, 1.807) is 0 Å². The van der Waals surface area contributed by atoms with Gasteiger partial charge < -0.3 is 4.57 Å². The summed E-state index contributed by atoms with van der Waals surface area (Å²) in [6, 6.07) is 64.2. The molecule has 262 valence electrons. The first-order valence-electron chi connectivity index (χ1n) is 19.5. The minimum Gasteiger partial charge on any atom is -0.309 e. The van der Waals surface area contributed by atoms with E-state index < -0.39 is 0 Å². The predicted molar refractivity (Wildman–Crippen MR) is 238 cm³/mol. The molecule has 0 atom stereocenters. The first-order valence-corrected chi connectivity index (χ1v) is 19.5. The summed E-state index contributed by atoms with van der Waals surface area (Å²) < 4.78 is 7.22. The molecule has 57 heavy (non-hydrogen) atoms. The Morgan fingerprint density at radius 2 is 0.895 bits per heavy atom. The first kappa shape index (κ1) is 29.6. The van der Waals surface area contributed by atoms with E-state index >= 15 is 0 Å². The molecule has 14 aromatic rings. The van der Waals surface area contributed by atoms with Crippen molar-refractivity contribution in [3.63, 3.8) is 0 Å². The lowest BCUT2D eigenvalue weighted by molar-refractivity contribution is 1.19. The number of pyridine rings is 2. The maximum Gasteiger partial charge on any atom is 0.147 e. The van der Waals surface area contributed by atoms with Gasteiger partial charge in [-0.2, -0.15) is 0 Å². The van der Waals surface area contributed by atoms with Gasteiger partial charge in [-0.15, -0.1) is 0 Å². The summed E-state index contributed by atoms with van der Waals surface area (Å²) in [4.78, 5) is 10.6. The van der Waals surface area contributed by atoms with Crippen molar-refractivity contribution < 1.29 is 0 Å². The number of hydrogen-bond donors (Lipinski definition) is 0. The van der Waals surface area contributed by atoms with E-state index in [0.717, 1.165) is 61.0 Å².